The van der Waals surface area contributed by atoms with Crippen molar-refractivity contribution in [1.82, 2.24) is 4.90 Å². The van der Waals surface area contributed by atoms with Crippen LogP contribution in [0.15, 0.2) is 24.3 Å². The maximum Gasteiger partial charge on any atom is 0.103 e. The van der Waals surface area contributed by atoms with Crippen LogP contribution >= 0.6 is 12.2 Å². The van der Waals surface area contributed by atoms with Gasteiger partial charge in [-0.05, 0) is 37.3 Å². The highest BCUT2D eigenvalue weighted by molar-refractivity contribution is 7.80. The molecule has 0 saturated carbocycles. The molecule has 1 fully saturated rings. The van der Waals surface area contributed by atoms with Crippen LogP contribution in [0.5, 0.6) is 0 Å². The predicted octanol–water partition coefficient (Wildman–Crippen LogP) is 1.45. The minimum atomic E-state index is -0.502. The Morgan fingerprint density at radius 3 is 2.71 bits per heavy atom. The molecule has 1 saturated heterocycles. The normalized spacial score (nSPS) is 21.1. The average molecular weight is 308 g/mol. The number of benzene rings is 1. The lowest BCUT2D eigenvalue weighted by Gasteiger charge is -2.33. The molecule has 1 aromatic carbocycles. The van der Waals surface area contributed by atoms with Crippen molar-refractivity contribution < 1.29 is 10.2 Å². The molecule has 2 atom stereocenters. The van der Waals surface area contributed by atoms with Gasteiger partial charge in [-0.3, -0.25) is 0 Å². The minimum Gasteiger partial charge on any atom is -0.396 e. The van der Waals surface area contributed by atoms with E-state index in [2.05, 4.69) is 4.90 Å². The molecule has 116 valence electrons. The molecule has 2 rings (SSSR count). The lowest BCUT2D eigenvalue weighted by atomic mass is 9.94. The summed E-state index contributed by atoms with van der Waals surface area (Å²) in [6, 6.07) is 7.47. The number of aliphatic hydroxyl groups excluding tert-OH is 2. The summed E-state index contributed by atoms with van der Waals surface area (Å²) in [7, 11) is 0. The smallest absolute Gasteiger partial charge is 0.103 e. The van der Waals surface area contributed by atoms with Gasteiger partial charge in [-0.25, -0.2) is 0 Å². The zero-order valence-electron chi connectivity index (χ0n) is 12.2. The van der Waals surface area contributed by atoms with E-state index in [0.29, 0.717) is 17.5 Å². The SMILES string of the molecule is NC(=S)c1ccc(C(O)CN2CCCC(CCO)C2)cc1. The van der Waals surface area contributed by atoms with Crippen LogP contribution in [0.4, 0.5) is 0 Å². The summed E-state index contributed by atoms with van der Waals surface area (Å²) in [5.41, 5.74) is 7.28. The van der Waals surface area contributed by atoms with Gasteiger partial charge < -0.3 is 20.8 Å². The number of nitrogens with two attached hydrogens (primary N) is 1. The molecule has 1 heterocycles. The van der Waals surface area contributed by atoms with E-state index in [-0.39, 0.29) is 6.61 Å². The monoisotopic (exact) mass is 308 g/mol. The minimum absolute atomic E-state index is 0.252. The molecule has 4 nitrogen and oxygen atoms in total. The number of hydrogen-bond acceptors (Lipinski definition) is 4. The Morgan fingerprint density at radius 2 is 2.10 bits per heavy atom. The molecule has 0 spiro atoms. The fourth-order valence-corrected chi connectivity index (χ4v) is 3.09. The summed E-state index contributed by atoms with van der Waals surface area (Å²) in [5.74, 6) is 0.549. The van der Waals surface area contributed by atoms with Gasteiger partial charge >= 0.3 is 0 Å². The molecule has 0 aromatic heterocycles. The summed E-state index contributed by atoms with van der Waals surface area (Å²) in [6.07, 6.45) is 2.67. The molecule has 5 heteroatoms. The lowest BCUT2D eigenvalue weighted by Crippen LogP contribution is -2.38. The maximum atomic E-state index is 10.4. The van der Waals surface area contributed by atoms with Crippen LogP contribution in [0.1, 0.15) is 36.5 Å². The number of hydrogen-bond donors (Lipinski definition) is 3. The van der Waals surface area contributed by atoms with Crippen LogP contribution in [-0.2, 0) is 0 Å². The number of β-amino-alcohol motifs (C(OH)–C–C–N with tert-alkyl or cyclic N) is 1. The van der Waals surface area contributed by atoms with Gasteiger partial charge in [-0.1, -0.05) is 36.5 Å². The molecule has 0 amide bonds. The Hall–Kier alpha value is -1.01. The number of rotatable bonds is 6. The van der Waals surface area contributed by atoms with E-state index in [1.807, 2.05) is 24.3 Å². The second-order valence-corrected chi connectivity index (χ2v) is 6.22. The highest BCUT2D eigenvalue weighted by Crippen LogP contribution is 2.22. The summed E-state index contributed by atoms with van der Waals surface area (Å²) in [4.78, 5) is 2.66. The van der Waals surface area contributed by atoms with Gasteiger partial charge in [0.25, 0.3) is 0 Å². The molecular formula is C16H24N2O2S. The largest absolute Gasteiger partial charge is 0.396 e. The molecule has 4 N–H and O–H groups in total. The van der Waals surface area contributed by atoms with E-state index in [1.165, 1.54) is 6.42 Å². The van der Waals surface area contributed by atoms with E-state index in [1.54, 1.807) is 0 Å². The van der Waals surface area contributed by atoms with E-state index in [0.717, 1.165) is 37.1 Å². The molecule has 0 aliphatic carbocycles. The highest BCUT2D eigenvalue weighted by atomic mass is 32.1. The van der Waals surface area contributed by atoms with Crippen LogP contribution in [0, 0.1) is 5.92 Å². The van der Waals surface area contributed by atoms with E-state index >= 15 is 0 Å². The van der Waals surface area contributed by atoms with Gasteiger partial charge in [0.15, 0.2) is 0 Å². The second-order valence-electron chi connectivity index (χ2n) is 5.78. The Bertz CT molecular complexity index is 462. The van der Waals surface area contributed by atoms with Crippen LogP contribution in [0.25, 0.3) is 0 Å². The third-order valence-corrected chi connectivity index (χ3v) is 4.39. The van der Waals surface area contributed by atoms with Crippen molar-refractivity contribution >= 4 is 17.2 Å². The van der Waals surface area contributed by atoms with Crippen LogP contribution in [-0.4, -0.2) is 46.3 Å². The zero-order chi connectivity index (χ0) is 15.2. The number of aliphatic hydroxyl groups is 2. The number of likely N-dealkylation sites (tertiary alicyclic amines) is 1. The third kappa shape index (κ3) is 4.74. The van der Waals surface area contributed by atoms with Gasteiger partial charge in [-0.2, -0.15) is 0 Å². The highest BCUT2D eigenvalue weighted by Gasteiger charge is 2.21. The second kappa shape index (κ2) is 7.84. The average Bonchev–Trinajstić information content (AvgIpc) is 2.48. The van der Waals surface area contributed by atoms with E-state index < -0.39 is 6.10 Å². The van der Waals surface area contributed by atoms with Crippen molar-refractivity contribution in [3.05, 3.63) is 35.4 Å². The fraction of sp³-hybridized carbons (Fsp3) is 0.562. The summed E-state index contributed by atoms with van der Waals surface area (Å²) >= 11 is 4.93. The maximum absolute atomic E-state index is 10.4. The topological polar surface area (TPSA) is 69.7 Å². The zero-order valence-corrected chi connectivity index (χ0v) is 13.1. The van der Waals surface area contributed by atoms with Crippen molar-refractivity contribution in [2.45, 2.75) is 25.4 Å². The fourth-order valence-electron chi connectivity index (χ4n) is 2.95. The van der Waals surface area contributed by atoms with Crippen molar-refractivity contribution in [2.24, 2.45) is 11.7 Å². The number of nitrogens with zero attached hydrogens (tertiary/aromatic N) is 1. The van der Waals surface area contributed by atoms with E-state index in [9.17, 15) is 5.11 Å². The number of piperidine rings is 1. The molecule has 1 aliphatic rings. The summed E-state index contributed by atoms with van der Waals surface area (Å²) in [5, 5.41) is 19.4. The third-order valence-electron chi connectivity index (χ3n) is 4.15. The Labute approximate surface area is 131 Å². The predicted molar refractivity (Wildman–Crippen MR) is 88.2 cm³/mol. The van der Waals surface area contributed by atoms with E-state index in [4.69, 9.17) is 23.1 Å². The van der Waals surface area contributed by atoms with Crippen molar-refractivity contribution in [3.63, 3.8) is 0 Å². The first-order valence-corrected chi connectivity index (χ1v) is 7.92. The van der Waals surface area contributed by atoms with Crippen LogP contribution < -0.4 is 5.73 Å². The Balaban J connectivity index is 1.91. The van der Waals surface area contributed by atoms with Crippen molar-refractivity contribution in [1.29, 1.82) is 0 Å². The summed E-state index contributed by atoms with van der Waals surface area (Å²) in [6.45, 7) is 2.86. The van der Waals surface area contributed by atoms with Crippen LogP contribution in [0.3, 0.4) is 0 Å². The molecule has 21 heavy (non-hydrogen) atoms. The molecule has 0 bridgehead atoms. The van der Waals surface area contributed by atoms with Crippen LogP contribution in [0.2, 0.25) is 0 Å². The van der Waals surface area contributed by atoms with Gasteiger partial charge in [0.2, 0.25) is 0 Å². The lowest BCUT2D eigenvalue weighted by molar-refractivity contribution is 0.0781. The molecule has 0 radical (unpaired) electrons. The Kier molecular flexibility index (Phi) is 6.11. The molecule has 1 aromatic rings. The number of thiocarbonyl (C=S) groups is 1. The van der Waals surface area contributed by atoms with Gasteiger partial charge in [0.05, 0.1) is 6.10 Å². The standard InChI is InChI=1S/C16H24N2O2S/c17-16(21)14-5-3-13(4-6-14)15(20)11-18-8-1-2-12(10-18)7-9-19/h3-6,12,15,19-20H,1-2,7-11H2,(H2,17,21). The first-order chi connectivity index (χ1) is 10.1. The molecule has 1 aliphatic heterocycles. The summed E-state index contributed by atoms with van der Waals surface area (Å²) < 4.78 is 0. The van der Waals surface area contributed by atoms with Gasteiger partial charge in [0.1, 0.15) is 4.99 Å². The van der Waals surface area contributed by atoms with Gasteiger partial charge in [-0.15, -0.1) is 0 Å². The van der Waals surface area contributed by atoms with Crippen molar-refractivity contribution in [2.75, 3.05) is 26.2 Å². The first kappa shape index (κ1) is 16.4. The quantitative estimate of drug-likeness (QED) is 0.694. The van der Waals surface area contributed by atoms with Crippen molar-refractivity contribution in [3.8, 4) is 0 Å². The van der Waals surface area contributed by atoms with Gasteiger partial charge in [0, 0.05) is 25.3 Å². The first-order valence-electron chi connectivity index (χ1n) is 7.51. The molecular weight excluding hydrogens is 284 g/mol. The Morgan fingerprint density at radius 1 is 1.38 bits per heavy atom. The molecule has 2 unspecified atom stereocenters.